The van der Waals surface area contributed by atoms with Crippen LogP contribution in [0.15, 0.2) is 36.7 Å². The number of anilines is 1. The highest BCUT2D eigenvalue weighted by atomic mass is 19.3. The van der Waals surface area contributed by atoms with Gasteiger partial charge in [-0.05, 0) is 31.0 Å². The molecule has 1 aromatic carbocycles. The Kier molecular flexibility index (Phi) is 5.63. The van der Waals surface area contributed by atoms with Gasteiger partial charge in [-0.15, -0.1) is 0 Å². The van der Waals surface area contributed by atoms with Gasteiger partial charge < -0.3 is 19.2 Å². The van der Waals surface area contributed by atoms with E-state index in [1.165, 1.54) is 13.2 Å². The third-order valence-corrected chi connectivity index (χ3v) is 5.17. The van der Waals surface area contributed by atoms with Crippen molar-refractivity contribution in [3.8, 4) is 5.75 Å². The van der Waals surface area contributed by atoms with Crippen molar-refractivity contribution in [3.63, 3.8) is 0 Å². The van der Waals surface area contributed by atoms with Crippen molar-refractivity contribution in [2.24, 2.45) is 0 Å². The fraction of sp³-hybridized carbons (Fsp3) is 0.333. The average Bonchev–Trinajstić information content (AvgIpc) is 3.17. The summed E-state index contributed by atoms with van der Waals surface area (Å²) in [4.78, 5) is 17.4. The Balaban J connectivity index is 1.63. The Bertz CT molecular complexity index is 1080. The zero-order chi connectivity index (χ0) is 21.3. The lowest BCUT2D eigenvalue weighted by molar-refractivity contribution is 0.0846. The maximum atomic E-state index is 13.5. The molecule has 1 fully saturated rings. The van der Waals surface area contributed by atoms with Gasteiger partial charge in [-0.1, -0.05) is 0 Å². The van der Waals surface area contributed by atoms with Crippen molar-refractivity contribution in [1.29, 1.82) is 0 Å². The van der Waals surface area contributed by atoms with E-state index in [4.69, 9.17) is 9.47 Å². The lowest BCUT2D eigenvalue weighted by Gasteiger charge is -2.19. The first-order chi connectivity index (χ1) is 14.5. The van der Waals surface area contributed by atoms with Gasteiger partial charge in [-0.2, -0.15) is 0 Å². The SMILES string of the molecule is COc1cc2nc(C3CCOCC3)cn2cc1C(=O)Nc1ccc(F)c(C(F)F)c1. The van der Waals surface area contributed by atoms with Gasteiger partial charge >= 0.3 is 0 Å². The monoisotopic (exact) mass is 419 g/mol. The second-order valence-electron chi connectivity index (χ2n) is 7.06. The first-order valence-electron chi connectivity index (χ1n) is 9.49. The maximum Gasteiger partial charge on any atom is 0.266 e. The molecule has 0 atom stereocenters. The van der Waals surface area contributed by atoms with Crippen LogP contribution >= 0.6 is 0 Å². The minimum Gasteiger partial charge on any atom is -0.496 e. The molecule has 1 aliphatic rings. The van der Waals surface area contributed by atoms with Crippen LogP contribution in [0.3, 0.4) is 0 Å². The van der Waals surface area contributed by atoms with E-state index in [1.807, 2.05) is 6.20 Å². The number of rotatable bonds is 5. The molecular formula is C21H20F3N3O3. The number of halogens is 3. The number of carbonyl (C=O) groups excluding carboxylic acids is 1. The molecule has 158 valence electrons. The molecule has 0 unspecified atom stereocenters. The fourth-order valence-corrected chi connectivity index (χ4v) is 3.55. The minimum atomic E-state index is -2.98. The zero-order valence-electron chi connectivity index (χ0n) is 16.2. The first kappa shape index (κ1) is 20.2. The molecule has 0 saturated carbocycles. The highest BCUT2D eigenvalue weighted by molar-refractivity contribution is 6.06. The van der Waals surface area contributed by atoms with E-state index < -0.39 is 23.7 Å². The summed E-state index contributed by atoms with van der Waals surface area (Å²) in [5, 5.41) is 2.52. The Morgan fingerprint density at radius 3 is 2.73 bits per heavy atom. The van der Waals surface area contributed by atoms with Crippen LogP contribution in [0.5, 0.6) is 5.75 Å². The van der Waals surface area contributed by atoms with E-state index in [1.54, 1.807) is 16.7 Å². The van der Waals surface area contributed by atoms with Crippen molar-refractivity contribution < 1.29 is 27.4 Å². The Morgan fingerprint density at radius 2 is 2.03 bits per heavy atom. The van der Waals surface area contributed by atoms with Gasteiger partial charge in [0.1, 0.15) is 17.2 Å². The number of hydrogen-bond acceptors (Lipinski definition) is 4. The van der Waals surface area contributed by atoms with E-state index >= 15 is 0 Å². The second-order valence-corrected chi connectivity index (χ2v) is 7.06. The summed E-state index contributed by atoms with van der Waals surface area (Å²) in [5.41, 5.74) is 1.03. The second kappa shape index (κ2) is 8.35. The largest absolute Gasteiger partial charge is 0.496 e. The van der Waals surface area contributed by atoms with Crippen molar-refractivity contribution in [2.45, 2.75) is 25.2 Å². The molecule has 4 rings (SSSR count). The van der Waals surface area contributed by atoms with Crippen LogP contribution in [-0.2, 0) is 4.74 Å². The zero-order valence-corrected chi connectivity index (χ0v) is 16.2. The van der Waals surface area contributed by atoms with Crippen LogP contribution in [0.1, 0.15) is 46.8 Å². The number of amides is 1. The van der Waals surface area contributed by atoms with Crippen LogP contribution in [0, 0.1) is 5.82 Å². The molecule has 0 aliphatic carbocycles. The summed E-state index contributed by atoms with van der Waals surface area (Å²) in [6.45, 7) is 1.38. The molecule has 1 aliphatic heterocycles. The number of carbonyl (C=O) groups is 1. The Hall–Kier alpha value is -3.07. The van der Waals surface area contributed by atoms with Gasteiger partial charge in [-0.3, -0.25) is 4.79 Å². The number of imidazole rings is 1. The lowest BCUT2D eigenvalue weighted by Crippen LogP contribution is -2.14. The molecule has 30 heavy (non-hydrogen) atoms. The fourth-order valence-electron chi connectivity index (χ4n) is 3.55. The smallest absolute Gasteiger partial charge is 0.266 e. The summed E-state index contributed by atoms with van der Waals surface area (Å²) in [5.74, 6) is -1.02. The normalized spacial score (nSPS) is 15.0. The number of methoxy groups -OCH3 is 1. The van der Waals surface area contributed by atoms with Crippen molar-refractivity contribution >= 4 is 17.2 Å². The molecule has 0 bridgehead atoms. The highest BCUT2D eigenvalue weighted by Crippen LogP contribution is 2.29. The summed E-state index contributed by atoms with van der Waals surface area (Å²) in [7, 11) is 1.43. The van der Waals surface area contributed by atoms with Crippen LogP contribution in [0.25, 0.3) is 5.65 Å². The van der Waals surface area contributed by atoms with E-state index in [0.29, 0.717) is 24.6 Å². The molecule has 9 heteroatoms. The number of ether oxygens (including phenoxy) is 2. The van der Waals surface area contributed by atoms with Crippen molar-refractivity contribution in [2.75, 3.05) is 25.6 Å². The van der Waals surface area contributed by atoms with Gasteiger partial charge in [-0.25, -0.2) is 18.2 Å². The molecule has 3 heterocycles. The topological polar surface area (TPSA) is 64.9 Å². The standard InChI is InChI=1S/C21H20F3N3O3/c1-29-18-9-19-26-17(12-4-6-30-7-5-12)11-27(19)10-15(18)21(28)25-13-2-3-16(22)14(8-13)20(23)24/h2-3,8-12,20H,4-7H2,1H3,(H,25,28). The third-order valence-electron chi connectivity index (χ3n) is 5.17. The predicted molar refractivity (Wildman–Crippen MR) is 104 cm³/mol. The Labute approximate surface area is 170 Å². The number of hydrogen-bond donors (Lipinski definition) is 1. The predicted octanol–water partition coefficient (Wildman–Crippen LogP) is 4.57. The molecule has 0 spiro atoms. The first-order valence-corrected chi connectivity index (χ1v) is 9.49. The van der Waals surface area contributed by atoms with E-state index in [-0.39, 0.29) is 17.2 Å². The Morgan fingerprint density at radius 1 is 1.27 bits per heavy atom. The van der Waals surface area contributed by atoms with Gasteiger partial charge in [0, 0.05) is 43.3 Å². The molecule has 0 radical (unpaired) electrons. The van der Waals surface area contributed by atoms with E-state index in [0.717, 1.165) is 30.7 Å². The lowest BCUT2D eigenvalue weighted by atomic mass is 9.97. The molecule has 1 N–H and O–H groups in total. The highest BCUT2D eigenvalue weighted by Gasteiger charge is 2.21. The summed E-state index contributed by atoms with van der Waals surface area (Å²) >= 11 is 0. The molecule has 6 nitrogen and oxygen atoms in total. The number of fused-ring (bicyclic) bond motifs is 1. The molecule has 2 aromatic heterocycles. The van der Waals surface area contributed by atoms with Crippen LogP contribution < -0.4 is 10.1 Å². The third kappa shape index (κ3) is 3.97. The summed E-state index contributed by atoms with van der Waals surface area (Å²) in [6.07, 6.45) is 2.23. The van der Waals surface area contributed by atoms with E-state index in [9.17, 15) is 18.0 Å². The van der Waals surface area contributed by atoms with Crippen LogP contribution in [-0.4, -0.2) is 35.6 Å². The number of alkyl halides is 2. The number of aromatic nitrogens is 2. The molecule has 3 aromatic rings. The maximum absolute atomic E-state index is 13.5. The van der Waals surface area contributed by atoms with Gasteiger partial charge in [0.05, 0.1) is 23.9 Å². The molecule has 1 amide bonds. The van der Waals surface area contributed by atoms with Gasteiger partial charge in [0.2, 0.25) is 0 Å². The average molecular weight is 419 g/mol. The van der Waals surface area contributed by atoms with E-state index in [2.05, 4.69) is 10.3 Å². The minimum absolute atomic E-state index is 0.0624. The number of benzene rings is 1. The number of nitrogens with one attached hydrogen (secondary N) is 1. The number of nitrogens with zero attached hydrogens (tertiary/aromatic N) is 2. The van der Waals surface area contributed by atoms with Crippen LogP contribution in [0.4, 0.5) is 18.9 Å². The molecule has 1 saturated heterocycles. The quantitative estimate of drug-likeness (QED) is 0.658. The summed E-state index contributed by atoms with van der Waals surface area (Å²) in [6, 6.07) is 4.69. The van der Waals surface area contributed by atoms with Gasteiger partial charge in [0.15, 0.2) is 0 Å². The van der Waals surface area contributed by atoms with Crippen molar-refractivity contribution in [1.82, 2.24) is 9.38 Å². The van der Waals surface area contributed by atoms with Crippen LogP contribution in [0.2, 0.25) is 0 Å². The van der Waals surface area contributed by atoms with Gasteiger partial charge in [0.25, 0.3) is 12.3 Å². The number of pyridine rings is 1. The summed E-state index contributed by atoms with van der Waals surface area (Å²) < 4.78 is 51.8. The van der Waals surface area contributed by atoms with Crippen molar-refractivity contribution in [3.05, 3.63) is 59.3 Å². The molecular weight excluding hydrogens is 399 g/mol.